The number of quaternary nitrogens is 2. The first-order chi connectivity index (χ1) is 11.9. The molecule has 0 aliphatic carbocycles. The monoisotopic (exact) mass is 358 g/mol. The third-order valence-electron chi connectivity index (χ3n) is 5.15. The molecular formula is C17H34N4O4+2. The Labute approximate surface area is 150 Å². The van der Waals surface area contributed by atoms with Crippen molar-refractivity contribution < 1.29 is 28.0 Å². The molecule has 8 nitrogen and oxygen atoms in total. The lowest BCUT2D eigenvalue weighted by Crippen LogP contribution is -2.56. The summed E-state index contributed by atoms with van der Waals surface area (Å²) in [7, 11) is 4.19. The van der Waals surface area contributed by atoms with Crippen LogP contribution in [0.1, 0.15) is 6.42 Å². The van der Waals surface area contributed by atoms with E-state index in [1.54, 1.807) is 0 Å². The molecule has 0 aromatic rings. The van der Waals surface area contributed by atoms with Crippen molar-refractivity contribution in [2.24, 2.45) is 0 Å². The maximum Gasteiger partial charge on any atom is 0.275 e. The van der Waals surface area contributed by atoms with E-state index < -0.39 is 0 Å². The fourth-order valence-electron chi connectivity index (χ4n) is 3.23. The molecular weight excluding hydrogens is 324 g/mol. The third kappa shape index (κ3) is 7.27. The quantitative estimate of drug-likeness (QED) is 0.412. The maximum atomic E-state index is 12.0. The lowest BCUT2D eigenvalue weighted by Gasteiger charge is -2.36. The maximum absolute atomic E-state index is 12.0. The molecule has 0 aromatic carbocycles. The third-order valence-corrected chi connectivity index (χ3v) is 5.15. The highest BCUT2D eigenvalue weighted by Gasteiger charge is 2.29. The number of nitrogens with one attached hydrogen (secondary N) is 2. The number of rotatable bonds is 8. The van der Waals surface area contributed by atoms with Crippen LogP contribution < -0.4 is 10.6 Å². The van der Waals surface area contributed by atoms with Gasteiger partial charge in [-0.15, -0.1) is 0 Å². The Kier molecular flexibility index (Phi) is 7.61. The van der Waals surface area contributed by atoms with E-state index >= 15 is 0 Å². The van der Waals surface area contributed by atoms with Gasteiger partial charge in [0, 0.05) is 13.1 Å². The average Bonchev–Trinajstić information content (AvgIpc) is 2.55. The molecule has 2 saturated heterocycles. The van der Waals surface area contributed by atoms with Crippen LogP contribution in [0.5, 0.6) is 0 Å². The fourth-order valence-corrected chi connectivity index (χ4v) is 3.23. The van der Waals surface area contributed by atoms with Crippen LogP contribution in [0.25, 0.3) is 0 Å². The van der Waals surface area contributed by atoms with E-state index in [0.717, 1.165) is 68.0 Å². The van der Waals surface area contributed by atoms with E-state index in [1.807, 2.05) is 0 Å². The highest BCUT2D eigenvalue weighted by atomic mass is 16.5. The van der Waals surface area contributed by atoms with E-state index in [0.29, 0.717) is 26.2 Å². The smallest absolute Gasteiger partial charge is 0.275 e. The lowest BCUT2D eigenvalue weighted by molar-refractivity contribution is -0.909. The molecule has 0 saturated carbocycles. The van der Waals surface area contributed by atoms with Crippen LogP contribution >= 0.6 is 0 Å². The van der Waals surface area contributed by atoms with Crippen LogP contribution in [0.3, 0.4) is 0 Å². The minimum Gasteiger partial charge on any atom is -0.370 e. The number of ether oxygens (including phenoxy) is 2. The van der Waals surface area contributed by atoms with Crippen LogP contribution in [0.15, 0.2) is 0 Å². The van der Waals surface area contributed by atoms with Crippen molar-refractivity contribution >= 4 is 11.8 Å². The van der Waals surface area contributed by atoms with Gasteiger partial charge in [-0.1, -0.05) is 0 Å². The summed E-state index contributed by atoms with van der Waals surface area (Å²) in [6, 6.07) is 0. The summed E-state index contributed by atoms with van der Waals surface area (Å²) in [5, 5.41) is 5.90. The van der Waals surface area contributed by atoms with Crippen LogP contribution in [-0.4, -0.2) is 114 Å². The van der Waals surface area contributed by atoms with Gasteiger partial charge in [0.05, 0.1) is 40.5 Å². The molecule has 0 unspecified atom stereocenters. The Morgan fingerprint density at radius 3 is 1.48 bits per heavy atom. The van der Waals surface area contributed by atoms with Gasteiger partial charge >= 0.3 is 0 Å². The zero-order valence-electron chi connectivity index (χ0n) is 15.7. The van der Waals surface area contributed by atoms with Crippen LogP contribution in [-0.2, 0) is 19.1 Å². The molecule has 8 heteroatoms. The standard InChI is InChI=1S/C17H32N4O4/c1-20(6-10-24-11-7-20)14-16(22)18-4-3-5-19-17(23)15-21(2)8-12-25-13-9-21/h3-15H2,1-2H3/p+2. The average molecular weight is 358 g/mol. The molecule has 2 aliphatic heterocycles. The second-order valence-electron chi connectivity index (χ2n) is 7.73. The van der Waals surface area contributed by atoms with Gasteiger partial charge in [0.25, 0.3) is 11.8 Å². The molecule has 0 radical (unpaired) electrons. The minimum atomic E-state index is 0.0714. The molecule has 2 rings (SSSR count). The highest BCUT2D eigenvalue weighted by molar-refractivity contribution is 5.77. The van der Waals surface area contributed by atoms with Gasteiger partial charge in [-0.25, -0.2) is 0 Å². The molecule has 2 aliphatic rings. The van der Waals surface area contributed by atoms with Gasteiger partial charge in [-0.05, 0) is 6.42 Å². The largest absolute Gasteiger partial charge is 0.370 e. The second kappa shape index (κ2) is 9.47. The first-order valence-corrected chi connectivity index (χ1v) is 9.27. The number of hydrogen-bond donors (Lipinski definition) is 2. The number of morpholine rings is 2. The van der Waals surface area contributed by atoms with Gasteiger partial charge in [-0.2, -0.15) is 0 Å². The van der Waals surface area contributed by atoms with E-state index in [4.69, 9.17) is 9.47 Å². The van der Waals surface area contributed by atoms with E-state index in [1.165, 1.54) is 0 Å². The summed E-state index contributed by atoms with van der Waals surface area (Å²) in [4.78, 5) is 24.1. The molecule has 0 aromatic heterocycles. The molecule has 2 heterocycles. The van der Waals surface area contributed by atoms with E-state index in [2.05, 4.69) is 24.7 Å². The Hall–Kier alpha value is -1.22. The zero-order valence-corrected chi connectivity index (χ0v) is 15.7. The van der Waals surface area contributed by atoms with Gasteiger partial charge in [0.15, 0.2) is 13.1 Å². The summed E-state index contributed by atoms with van der Waals surface area (Å²) in [5.74, 6) is 0.143. The van der Waals surface area contributed by atoms with Crippen molar-refractivity contribution in [2.45, 2.75) is 6.42 Å². The summed E-state index contributed by atoms with van der Waals surface area (Å²) >= 11 is 0. The molecule has 0 spiro atoms. The Morgan fingerprint density at radius 1 is 0.760 bits per heavy atom. The Balaban J connectivity index is 1.53. The van der Waals surface area contributed by atoms with E-state index in [9.17, 15) is 9.59 Å². The highest BCUT2D eigenvalue weighted by Crippen LogP contribution is 2.07. The summed E-state index contributed by atoms with van der Waals surface area (Å²) in [6.45, 7) is 8.58. The van der Waals surface area contributed by atoms with Crippen molar-refractivity contribution in [3.8, 4) is 0 Å². The molecule has 0 bridgehead atoms. The van der Waals surface area contributed by atoms with Crippen LogP contribution in [0.2, 0.25) is 0 Å². The molecule has 25 heavy (non-hydrogen) atoms. The second-order valence-corrected chi connectivity index (χ2v) is 7.73. The van der Waals surface area contributed by atoms with Crippen molar-refractivity contribution in [3.05, 3.63) is 0 Å². The summed E-state index contributed by atoms with van der Waals surface area (Å²) in [5.41, 5.74) is 0. The molecule has 0 atom stereocenters. The number of amides is 2. The minimum absolute atomic E-state index is 0.0714. The molecule has 2 N–H and O–H groups in total. The summed E-state index contributed by atoms with van der Waals surface area (Å²) < 4.78 is 12.2. The normalized spacial score (nSPS) is 22.2. The van der Waals surface area contributed by atoms with Crippen molar-refractivity contribution in [1.29, 1.82) is 0 Å². The molecule has 144 valence electrons. The first kappa shape index (κ1) is 20.1. The van der Waals surface area contributed by atoms with Crippen molar-refractivity contribution in [3.63, 3.8) is 0 Å². The number of carbonyl (C=O) groups is 2. The van der Waals surface area contributed by atoms with Gasteiger partial charge < -0.3 is 29.1 Å². The first-order valence-electron chi connectivity index (χ1n) is 9.27. The number of carbonyl (C=O) groups excluding carboxylic acids is 2. The van der Waals surface area contributed by atoms with Crippen molar-refractivity contribution in [2.75, 3.05) is 92.9 Å². The van der Waals surface area contributed by atoms with Gasteiger partial charge in [0.1, 0.15) is 26.2 Å². The Morgan fingerprint density at radius 2 is 1.12 bits per heavy atom. The fraction of sp³-hybridized carbons (Fsp3) is 0.882. The number of likely N-dealkylation sites (N-methyl/N-ethyl adjacent to an activating group) is 2. The summed E-state index contributed by atoms with van der Waals surface area (Å²) in [6.07, 6.45) is 0.747. The van der Waals surface area contributed by atoms with E-state index in [-0.39, 0.29) is 11.8 Å². The number of nitrogens with zero attached hydrogens (tertiary/aromatic N) is 2. The topological polar surface area (TPSA) is 76.7 Å². The SMILES string of the molecule is C[N+]1(CC(=O)NCCCNC(=O)C[N+]2(C)CCOCC2)CCOCC1. The number of hydrogen-bond acceptors (Lipinski definition) is 4. The van der Waals surface area contributed by atoms with Crippen LogP contribution in [0, 0.1) is 0 Å². The molecule has 2 amide bonds. The van der Waals surface area contributed by atoms with Gasteiger partial charge in [0.2, 0.25) is 0 Å². The van der Waals surface area contributed by atoms with Crippen molar-refractivity contribution in [1.82, 2.24) is 10.6 Å². The molecule has 2 fully saturated rings. The lowest BCUT2D eigenvalue weighted by atomic mass is 10.3. The van der Waals surface area contributed by atoms with Gasteiger partial charge in [-0.3, -0.25) is 9.59 Å². The Bertz CT molecular complexity index is 406. The zero-order chi connectivity index (χ0) is 18.2. The predicted octanol–water partition coefficient (Wildman–Crippen LogP) is -1.44. The predicted molar refractivity (Wildman–Crippen MR) is 93.8 cm³/mol. The van der Waals surface area contributed by atoms with Crippen LogP contribution in [0.4, 0.5) is 0 Å².